The second-order valence-electron chi connectivity index (χ2n) is 3.70. The van der Waals surface area contributed by atoms with Crippen molar-refractivity contribution >= 4 is 6.01 Å². The summed E-state index contributed by atoms with van der Waals surface area (Å²) in [4.78, 5) is 4.10. The van der Waals surface area contributed by atoms with Crippen LogP contribution in [0.3, 0.4) is 0 Å². The van der Waals surface area contributed by atoms with Gasteiger partial charge in [0.1, 0.15) is 5.75 Å². The molecule has 0 aliphatic carbocycles. The number of rotatable bonds is 2. The highest BCUT2D eigenvalue weighted by molar-refractivity contribution is 5.61. The molecule has 0 amide bonds. The Morgan fingerprint density at radius 1 is 1.38 bits per heavy atom. The first-order valence-corrected chi connectivity index (χ1v) is 5.26. The molecule has 2 aromatic rings. The third-order valence-corrected chi connectivity index (χ3v) is 2.69. The molecule has 0 spiro atoms. The zero-order chi connectivity index (χ0) is 11.0. The summed E-state index contributed by atoms with van der Waals surface area (Å²) in [5.74, 6) is 1.76. The van der Waals surface area contributed by atoms with Crippen LogP contribution in [0, 0.1) is 0 Å². The maximum atomic E-state index is 5.52. The predicted molar refractivity (Wildman–Crippen MR) is 60.7 cm³/mol. The Morgan fingerprint density at radius 3 is 3.12 bits per heavy atom. The van der Waals surface area contributed by atoms with Gasteiger partial charge in [0.05, 0.1) is 12.8 Å². The standard InChI is InChI=1S/C12H12N2O2/c1-13-12-14-7-11(16-12)8-2-3-10-9(6-8)4-5-15-10/h2-3,6-7H,4-5H2,1H3,(H,13,14). The van der Waals surface area contributed by atoms with Crippen LogP contribution in [-0.4, -0.2) is 18.6 Å². The van der Waals surface area contributed by atoms with E-state index < -0.39 is 0 Å². The summed E-state index contributed by atoms with van der Waals surface area (Å²) in [6.07, 6.45) is 2.69. The Hall–Kier alpha value is -1.97. The van der Waals surface area contributed by atoms with E-state index in [1.54, 1.807) is 13.2 Å². The van der Waals surface area contributed by atoms with Gasteiger partial charge in [-0.1, -0.05) is 0 Å². The smallest absolute Gasteiger partial charge is 0.294 e. The third kappa shape index (κ3) is 1.43. The molecule has 0 saturated carbocycles. The number of fused-ring (bicyclic) bond motifs is 1. The zero-order valence-electron chi connectivity index (χ0n) is 8.99. The number of aromatic nitrogens is 1. The summed E-state index contributed by atoms with van der Waals surface area (Å²) in [5, 5.41) is 2.87. The Balaban J connectivity index is 2.00. The molecule has 1 aromatic carbocycles. The number of hydrogen-bond donors (Lipinski definition) is 1. The van der Waals surface area contributed by atoms with Crippen molar-refractivity contribution in [1.82, 2.24) is 4.98 Å². The number of anilines is 1. The van der Waals surface area contributed by atoms with Crippen LogP contribution in [-0.2, 0) is 6.42 Å². The van der Waals surface area contributed by atoms with Crippen molar-refractivity contribution in [3.05, 3.63) is 30.0 Å². The highest BCUT2D eigenvalue weighted by atomic mass is 16.5. The van der Waals surface area contributed by atoms with E-state index in [4.69, 9.17) is 9.15 Å². The van der Waals surface area contributed by atoms with Crippen molar-refractivity contribution in [1.29, 1.82) is 0 Å². The summed E-state index contributed by atoms with van der Waals surface area (Å²) in [6.45, 7) is 0.775. The molecule has 1 aromatic heterocycles. The van der Waals surface area contributed by atoms with Crippen LogP contribution in [0.15, 0.2) is 28.8 Å². The quantitative estimate of drug-likeness (QED) is 0.836. The van der Waals surface area contributed by atoms with Crippen LogP contribution in [0.5, 0.6) is 5.75 Å². The molecule has 1 aliphatic rings. The molecule has 0 radical (unpaired) electrons. The number of nitrogens with one attached hydrogen (secondary N) is 1. The molecule has 0 unspecified atom stereocenters. The molecule has 4 heteroatoms. The predicted octanol–water partition coefficient (Wildman–Crippen LogP) is 2.32. The summed E-state index contributed by atoms with van der Waals surface area (Å²) in [6, 6.07) is 6.61. The highest BCUT2D eigenvalue weighted by Gasteiger charge is 2.14. The molecule has 1 N–H and O–H groups in total. The van der Waals surface area contributed by atoms with Gasteiger partial charge < -0.3 is 14.5 Å². The number of benzene rings is 1. The maximum Gasteiger partial charge on any atom is 0.294 e. The molecule has 1 aliphatic heterocycles. The first-order chi connectivity index (χ1) is 7.86. The molecule has 4 nitrogen and oxygen atoms in total. The van der Waals surface area contributed by atoms with E-state index >= 15 is 0 Å². The number of oxazole rings is 1. The van der Waals surface area contributed by atoms with Crippen molar-refractivity contribution in [2.75, 3.05) is 19.0 Å². The van der Waals surface area contributed by atoms with E-state index in [1.165, 1.54) is 5.56 Å². The van der Waals surface area contributed by atoms with Crippen LogP contribution in [0.2, 0.25) is 0 Å². The average molecular weight is 216 g/mol. The van der Waals surface area contributed by atoms with Crippen molar-refractivity contribution in [3.63, 3.8) is 0 Å². The van der Waals surface area contributed by atoms with Gasteiger partial charge in [-0.3, -0.25) is 0 Å². The Morgan fingerprint density at radius 2 is 2.31 bits per heavy atom. The van der Waals surface area contributed by atoms with Gasteiger partial charge >= 0.3 is 0 Å². The van der Waals surface area contributed by atoms with Crippen LogP contribution in [0.4, 0.5) is 6.01 Å². The minimum Gasteiger partial charge on any atom is -0.493 e. The second-order valence-corrected chi connectivity index (χ2v) is 3.70. The molecular weight excluding hydrogens is 204 g/mol. The van der Waals surface area contributed by atoms with Crippen LogP contribution >= 0.6 is 0 Å². The lowest BCUT2D eigenvalue weighted by Gasteiger charge is -2.00. The lowest BCUT2D eigenvalue weighted by Crippen LogP contribution is -1.85. The Kier molecular flexibility index (Phi) is 2.06. The van der Waals surface area contributed by atoms with E-state index in [0.29, 0.717) is 6.01 Å². The van der Waals surface area contributed by atoms with E-state index in [1.807, 2.05) is 12.1 Å². The molecule has 0 bridgehead atoms. The summed E-state index contributed by atoms with van der Waals surface area (Å²) < 4.78 is 11.0. The van der Waals surface area contributed by atoms with E-state index in [2.05, 4.69) is 16.4 Å². The van der Waals surface area contributed by atoms with Gasteiger partial charge in [-0.15, -0.1) is 0 Å². The van der Waals surface area contributed by atoms with Crippen LogP contribution in [0.1, 0.15) is 5.56 Å². The van der Waals surface area contributed by atoms with Crippen molar-refractivity contribution < 1.29 is 9.15 Å². The normalized spacial score (nSPS) is 13.3. The average Bonchev–Trinajstić information content (AvgIpc) is 2.96. The van der Waals surface area contributed by atoms with Gasteiger partial charge in [0.25, 0.3) is 6.01 Å². The van der Waals surface area contributed by atoms with Gasteiger partial charge in [0, 0.05) is 19.0 Å². The van der Waals surface area contributed by atoms with Crippen molar-refractivity contribution in [2.45, 2.75) is 6.42 Å². The lowest BCUT2D eigenvalue weighted by molar-refractivity contribution is 0.357. The fourth-order valence-corrected chi connectivity index (χ4v) is 1.86. The van der Waals surface area contributed by atoms with E-state index in [9.17, 15) is 0 Å². The molecule has 82 valence electrons. The van der Waals surface area contributed by atoms with Crippen molar-refractivity contribution in [3.8, 4) is 17.1 Å². The molecule has 16 heavy (non-hydrogen) atoms. The Labute approximate surface area is 93.3 Å². The van der Waals surface area contributed by atoms with Gasteiger partial charge in [0.15, 0.2) is 5.76 Å². The van der Waals surface area contributed by atoms with Gasteiger partial charge in [-0.25, -0.2) is 4.98 Å². The minimum absolute atomic E-state index is 0.534. The fourth-order valence-electron chi connectivity index (χ4n) is 1.86. The second kappa shape index (κ2) is 3.56. The van der Waals surface area contributed by atoms with E-state index in [0.717, 1.165) is 30.1 Å². The maximum absolute atomic E-state index is 5.52. The zero-order valence-corrected chi connectivity index (χ0v) is 8.99. The monoisotopic (exact) mass is 216 g/mol. The molecule has 0 fully saturated rings. The number of ether oxygens (including phenoxy) is 1. The molecule has 2 heterocycles. The number of hydrogen-bond acceptors (Lipinski definition) is 4. The number of nitrogens with zero attached hydrogens (tertiary/aromatic N) is 1. The summed E-state index contributed by atoms with van der Waals surface area (Å²) >= 11 is 0. The molecule has 0 saturated heterocycles. The molecule has 3 rings (SSSR count). The first-order valence-electron chi connectivity index (χ1n) is 5.26. The van der Waals surface area contributed by atoms with Gasteiger partial charge in [0.2, 0.25) is 0 Å². The van der Waals surface area contributed by atoms with E-state index in [-0.39, 0.29) is 0 Å². The van der Waals surface area contributed by atoms with Crippen molar-refractivity contribution in [2.24, 2.45) is 0 Å². The topological polar surface area (TPSA) is 47.3 Å². The summed E-state index contributed by atoms with van der Waals surface area (Å²) in [5.41, 5.74) is 2.28. The van der Waals surface area contributed by atoms with Gasteiger partial charge in [-0.05, 0) is 23.8 Å². The van der Waals surface area contributed by atoms with Crippen LogP contribution in [0.25, 0.3) is 11.3 Å². The lowest BCUT2D eigenvalue weighted by atomic mass is 10.1. The third-order valence-electron chi connectivity index (χ3n) is 2.69. The SMILES string of the molecule is CNc1ncc(-c2ccc3c(c2)CCO3)o1. The largest absolute Gasteiger partial charge is 0.493 e. The summed E-state index contributed by atoms with van der Waals surface area (Å²) in [7, 11) is 1.78. The Bertz CT molecular complexity index is 519. The molecule has 0 atom stereocenters. The highest BCUT2D eigenvalue weighted by Crippen LogP contribution is 2.31. The van der Waals surface area contributed by atoms with Crippen LogP contribution < -0.4 is 10.1 Å². The fraction of sp³-hybridized carbons (Fsp3) is 0.250. The minimum atomic E-state index is 0.534. The van der Waals surface area contributed by atoms with Gasteiger partial charge in [-0.2, -0.15) is 0 Å². The first kappa shape index (κ1) is 9.27. The molecular formula is C12H12N2O2.